The van der Waals surface area contributed by atoms with Gasteiger partial charge in [0.05, 0.1) is 12.0 Å². The largest absolute Gasteiger partial charge is 0.474 e. The number of halogens is 2. The molecule has 0 saturated carbocycles. The number of hydrogen-bond donors (Lipinski definition) is 1. The van der Waals surface area contributed by atoms with E-state index in [2.05, 4.69) is 20.1 Å². The number of ether oxygens (including phenoxy) is 1. The van der Waals surface area contributed by atoms with Crippen molar-refractivity contribution in [2.24, 2.45) is 0 Å². The summed E-state index contributed by atoms with van der Waals surface area (Å²) in [5, 5.41) is 18.3. The highest BCUT2D eigenvalue weighted by Gasteiger charge is 2.27. The number of likely N-dealkylation sites (tertiary alicyclic amines) is 1. The first-order valence-electron chi connectivity index (χ1n) is 13.7. The van der Waals surface area contributed by atoms with Gasteiger partial charge in [0.15, 0.2) is 0 Å². The number of rotatable bonds is 10. The van der Waals surface area contributed by atoms with E-state index >= 15 is 0 Å². The number of carboxylic acid groups (broad SMARTS) is 1. The first-order valence-corrected chi connectivity index (χ1v) is 14.1. The highest BCUT2D eigenvalue weighted by Crippen LogP contribution is 2.30. The number of carboxylic acids is 1. The van der Waals surface area contributed by atoms with Crippen LogP contribution in [0.15, 0.2) is 53.3 Å². The van der Waals surface area contributed by atoms with E-state index in [-0.39, 0.29) is 12.5 Å². The number of piperidine rings is 1. The number of pyridine rings is 1. The Kier molecular flexibility index (Phi) is 7.90. The molecular weight excluding hydrogens is 565 g/mol. The zero-order valence-corrected chi connectivity index (χ0v) is 23.7. The molecule has 218 valence electrons. The van der Waals surface area contributed by atoms with Crippen molar-refractivity contribution in [1.82, 2.24) is 34.3 Å². The number of hydrogen-bond acceptors (Lipinski definition) is 8. The number of aryl methyl sites for hydroxylation is 1. The second-order valence-electron chi connectivity index (χ2n) is 10.3. The molecule has 0 amide bonds. The Hall–Kier alpha value is -4.29. The molecule has 0 atom stereocenters. The second-order valence-corrected chi connectivity index (χ2v) is 10.7. The minimum absolute atomic E-state index is 0.0651. The third-order valence-corrected chi connectivity index (χ3v) is 7.81. The van der Waals surface area contributed by atoms with Gasteiger partial charge in [0, 0.05) is 65.2 Å². The minimum Gasteiger partial charge on any atom is -0.474 e. The molecule has 5 aromatic rings. The molecule has 0 aliphatic carbocycles. The van der Waals surface area contributed by atoms with Crippen LogP contribution in [-0.4, -0.2) is 58.4 Å². The molecule has 1 N–H and O–H groups in total. The maximum Gasteiger partial charge on any atom is 0.393 e. The average molecular weight is 594 g/mol. The number of benzene rings is 1. The van der Waals surface area contributed by atoms with Crippen LogP contribution in [0, 0.1) is 5.82 Å². The van der Waals surface area contributed by atoms with E-state index in [0.717, 1.165) is 55.1 Å². The number of imidazole rings is 1. The Labute approximate surface area is 245 Å². The van der Waals surface area contributed by atoms with E-state index in [9.17, 15) is 14.3 Å². The maximum absolute atomic E-state index is 14.1. The van der Waals surface area contributed by atoms with Crippen molar-refractivity contribution in [1.29, 1.82) is 0 Å². The van der Waals surface area contributed by atoms with Crippen LogP contribution in [0.3, 0.4) is 0 Å². The van der Waals surface area contributed by atoms with E-state index in [1.165, 1.54) is 10.7 Å². The number of fused-ring (bicyclic) bond motifs is 1. The van der Waals surface area contributed by atoms with E-state index in [0.29, 0.717) is 35.1 Å². The number of aromatic carboxylic acids is 1. The highest BCUT2D eigenvalue weighted by molar-refractivity contribution is 6.30. The van der Waals surface area contributed by atoms with Gasteiger partial charge >= 0.3 is 11.9 Å². The first-order chi connectivity index (χ1) is 20.4. The lowest BCUT2D eigenvalue weighted by Gasteiger charge is -2.31. The summed E-state index contributed by atoms with van der Waals surface area (Å²) in [4.78, 5) is 22.7. The van der Waals surface area contributed by atoms with Crippen molar-refractivity contribution in [3.63, 3.8) is 0 Å². The fraction of sp³-hybridized carbons (Fsp3) is 0.345. The maximum atomic E-state index is 14.1. The van der Waals surface area contributed by atoms with E-state index in [4.69, 9.17) is 25.7 Å². The predicted molar refractivity (Wildman–Crippen MR) is 150 cm³/mol. The Bertz CT molecular complexity index is 1720. The van der Waals surface area contributed by atoms with Crippen molar-refractivity contribution in [2.45, 2.75) is 51.8 Å². The van der Waals surface area contributed by atoms with Gasteiger partial charge < -0.3 is 18.8 Å². The zero-order chi connectivity index (χ0) is 29.2. The van der Waals surface area contributed by atoms with Crippen LogP contribution in [-0.2, 0) is 26.1 Å². The Morgan fingerprint density at radius 2 is 2.05 bits per heavy atom. The van der Waals surface area contributed by atoms with Crippen LogP contribution >= 0.6 is 11.6 Å². The summed E-state index contributed by atoms with van der Waals surface area (Å²) in [6.45, 7) is 5.09. The molecule has 0 unspecified atom stereocenters. The third-order valence-electron chi connectivity index (χ3n) is 7.58. The van der Waals surface area contributed by atoms with Crippen LogP contribution < -0.4 is 4.74 Å². The number of nitrogens with zero attached hydrogens (tertiary/aromatic N) is 7. The number of aromatic nitrogens is 6. The smallest absolute Gasteiger partial charge is 0.393 e. The summed E-state index contributed by atoms with van der Waals surface area (Å²) in [6, 6.07) is 10.2. The molecule has 1 aliphatic rings. The van der Waals surface area contributed by atoms with Gasteiger partial charge in [-0.2, -0.15) is 0 Å². The van der Waals surface area contributed by atoms with Crippen LogP contribution in [0.1, 0.15) is 64.6 Å². The molecule has 6 rings (SSSR count). The highest BCUT2D eigenvalue weighted by atomic mass is 35.5. The Morgan fingerprint density at radius 1 is 1.21 bits per heavy atom. The fourth-order valence-corrected chi connectivity index (χ4v) is 5.47. The quantitative estimate of drug-likeness (QED) is 0.239. The predicted octanol–water partition coefficient (Wildman–Crippen LogP) is 4.97. The molecule has 1 aliphatic heterocycles. The molecule has 0 spiro atoms. The summed E-state index contributed by atoms with van der Waals surface area (Å²) in [5.41, 5.74) is 4.27. The van der Waals surface area contributed by atoms with E-state index in [1.54, 1.807) is 30.7 Å². The summed E-state index contributed by atoms with van der Waals surface area (Å²) in [5.74, 6) is -1.34. The topological polar surface area (TPSA) is 124 Å². The second kappa shape index (κ2) is 11.9. The fourth-order valence-electron chi connectivity index (χ4n) is 5.31. The van der Waals surface area contributed by atoms with Crippen molar-refractivity contribution in [3.05, 3.63) is 93.9 Å². The Balaban J connectivity index is 1.12. The van der Waals surface area contributed by atoms with Gasteiger partial charge in [-0.3, -0.25) is 4.90 Å². The van der Waals surface area contributed by atoms with Crippen molar-refractivity contribution < 1.29 is 23.4 Å². The molecule has 1 aromatic carbocycles. The minimum atomic E-state index is -1.24. The van der Waals surface area contributed by atoms with Gasteiger partial charge in [0.1, 0.15) is 12.4 Å². The van der Waals surface area contributed by atoms with Gasteiger partial charge in [0.25, 0.3) is 0 Å². The molecule has 1 fully saturated rings. The number of carbonyl (C=O) groups is 1. The zero-order valence-electron chi connectivity index (χ0n) is 22.9. The van der Waals surface area contributed by atoms with E-state index < -0.39 is 17.7 Å². The van der Waals surface area contributed by atoms with Crippen LogP contribution in [0.2, 0.25) is 5.02 Å². The molecule has 11 nitrogen and oxygen atoms in total. The van der Waals surface area contributed by atoms with Gasteiger partial charge in [0.2, 0.25) is 11.6 Å². The molecule has 42 heavy (non-hydrogen) atoms. The van der Waals surface area contributed by atoms with Crippen molar-refractivity contribution in [3.8, 4) is 5.88 Å². The lowest BCUT2D eigenvalue weighted by Crippen LogP contribution is -2.33. The summed E-state index contributed by atoms with van der Waals surface area (Å²) < 4.78 is 28.8. The molecule has 0 bridgehead atoms. The molecule has 4 aromatic heterocycles. The average Bonchev–Trinajstić information content (AvgIpc) is 3.69. The monoisotopic (exact) mass is 593 g/mol. The van der Waals surface area contributed by atoms with Crippen LogP contribution in [0.25, 0.3) is 5.71 Å². The van der Waals surface area contributed by atoms with Crippen molar-refractivity contribution in [2.75, 3.05) is 13.1 Å². The SMILES string of the molecule is CCn1cncc1Cc1c(CN2CCC(c3cccc(OCc4ccc(Cl)cc4F)n3)CC2)nn2nc(C(=O)O)oc12. The van der Waals surface area contributed by atoms with Crippen molar-refractivity contribution >= 4 is 23.3 Å². The van der Waals surface area contributed by atoms with Gasteiger partial charge in [-0.25, -0.2) is 19.2 Å². The molecule has 0 radical (unpaired) electrons. The molecule has 5 heterocycles. The normalized spacial score (nSPS) is 14.5. The molecular formula is C29H29ClFN7O4. The van der Waals surface area contributed by atoms with Crippen LogP contribution in [0.5, 0.6) is 5.88 Å². The van der Waals surface area contributed by atoms with Gasteiger partial charge in [-0.1, -0.05) is 23.7 Å². The third kappa shape index (κ3) is 5.86. The van der Waals surface area contributed by atoms with Gasteiger partial charge in [-0.05, 0) is 51.1 Å². The van der Waals surface area contributed by atoms with E-state index in [1.807, 2.05) is 23.6 Å². The lowest BCUT2D eigenvalue weighted by molar-refractivity contribution is 0.0655. The molecule has 1 saturated heterocycles. The first kappa shape index (κ1) is 27.9. The van der Waals surface area contributed by atoms with Gasteiger partial charge in [-0.15, -0.1) is 14.8 Å². The summed E-state index contributed by atoms with van der Waals surface area (Å²) in [6.07, 6.45) is 5.85. The summed E-state index contributed by atoms with van der Waals surface area (Å²) in [7, 11) is 0. The van der Waals surface area contributed by atoms with Crippen LogP contribution in [0.4, 0.5) is 4.39 Å². The molecule has 13 heteroatoms. The summed E-state index contributed by atoms with van der Waals surface area (Å²) >= 11 is 5.84. The Morgan fingerprint density at radius 3 is 2.81 bits per heavy atom. The standard InChI is InChI=1S/C29H29ClFN7O4/c1-2-37-17-32-14-21(37)13-22-25(34-38-28(22)42-27(35-38)29(39)40)15-36-10-8-18(9-11-36)24-4-3-5-26(33-24)41-16-19-6-7-20(30)12-23(19)31/h3-7,12,14,17-18H,2,8-11,13,15-16H2,1H3,(H,39,40). The lowest BCUT2D eigenvalue weighted by atomic mass is 9.93.